The van der Waals surface area contributed by atoms with Gasteiger partial charge in [-0.15, -0.1) is 0 Å². The summed E-state index contributed by atoms with van der Waals surface area (Å²) in [5.41, 5.74) is 0. The monoisotopic (exact) mass is 102 g/mol. The van der Waals surface area contributed by atoms with Gasteiger partial charge in [-0.05, 0) is 0 Å². The fourth-order valence-electron chi connectivity index (χ4n) is 0.284. The molecule has 1 radical (unpaired) electrons. The molecule has 2 nitrogen and oxygen atoms in total. The molecule has 1 rings (SSSR count). The molecule has 0 unspecified atom stereocenters. The molecular weight excluding hydrogens is 98.1 g/mol. The Kier molecular flexibility index (Phi) is 1.01. The van der Waals surface area contributed by atoms with Gasteiger partial charge in [-0.25, -0.2) is 0 Å². The predicted octanol–water partition coefficient (Wildman–Crippen LogP) is 0.605. The van der Waals surface area contributed by atoms with Gasteiger partial charge >= 0.3 is 0 Å². The Morgan fingerprint density at radius 2 is 2.83 bits per heavy atom. The second kappa shape index (κ2) is 1.51. The molecule has 0 aromatic carbocycles. The average molecular weight is 102 g/mol. The molecule has 0 spiro atoms. The predicted molar refractivity (Wildman–Crippen MR) is 25.3 cm³/mol. The summed E-state index contributed by atoms with van der Waals surface area (Å²) in [4.78, 5) is 10.1. The van der Waals surface area contributed by atoms with Crippen molar-refractivity contribution >= 4 is 17.0 Å². The van der Waals surface area contributed by atoms with Gasteiger partial charge < -0.3 is 5.32 Å². The highest BCUT2D eigenvalue weighted by atomic mass is 32.2. The van der Waals surface area contributed by atoms with Crippen LogP contribution in [0, 0.1) is 6.54 Å². The number of carbonyl (C=O) groups excluding carboxylic acids is 1. The molecule has 0 aromatic heterocycles. The number of amides is 1. The molecule has 1 aliphatic rings. The van der Waals surface area contributed by atoms with Crippen molar-refractivity contribution in [2.75, 3.05) is 5.75 Å². The molecule has 1 N–H and O–H groups in total. The second-order valence-electron chi connectivity index (χ2n) is 0.947. The van der Waals surface area contributed by atoms with Crippen molar-refractivity contribution in [2.45, 2.75) is 0 Å². The van der Waals surface area contributed by atoms with Gasteiger partial charge in [-0.3, -0.25) is 4.79 Å². The van der Waals surface area contributed by atoms with Gasteiger partial charge in [0.2, 0.25) is 0 Å². The highest BCUT2D eigenvalue weighted by molar-refractivity contribution is 8.14. The van der Waals surface area contributed by atoms with Crippen LogP contribution in [-0.4, -0.2) is 11.0 Å². The number of thioether (sulfide) groups is 1. The summed E-state index contributed by atoms with van der Waals surface area (Å²) in [7, 11) is 0. The highest BCUT2D eigenvalue weighted by Crippen LogP contribution is 2.07. The molecule has 0 aliphatic carbocycles. The van der Waals surface area contributed by atoms with Crippen molar-refractivity contribution in [1.29, 1.82) is 0 Å². The first kappa shape index (κ1) is 3.99. The first-order chi connectivity index (χ1) is 2.89. The van der Waals surface area contributed by atoms with Crippen molar-refractivity contribution in [3.63, 3.8) is 0 Å². The standard InChI is InChI=1S/C3H4NOS/c5-3-4-1-2-6-3/h1H,2H2,(H,4,5). The van der Waals surface area contributed by atoms with Gasteiger partial charge in [-0.1, -0.05) is 11.8 Å². The summed E-state index contributed by atoms with van der Waals surface area (Å²) in [5, 5.41) is 2.58. The Morgan fingerprint density at radius 3 is 3.00 bits per heavy atom. The van der Waals surface area contributed by atoms with Crippen LogP contribution >= 0.6 is 11.8 Å². The van der Waals surface area contributed by atoms with E-state index in [9.17, 15) is 4.79 Å². The third-order valence-corrected chi connectivity index (χ3v) is 1.23. The maximum absolute atomic E-state index is 10.1. The lowest BCUT2D eigenvalue weighted by molar-refractivity contribution is 0.263. The number of hydrogen-bond donors (Lipinski definition) is 1. The minimum Gasteiger partial charge on any atom is -0.341 e. The van der Waals surface area contributed by atoms with Crippen molar-refractivity contribution in [3.8, 4) is 0 Å². The third kappa shape index (κ3) is 0.653. The van der Waals surface area contributed by atoms with Gasteiger partial charge in [0, 0.05) is 5.75 Å². The van der Waals surface area contributed by atoms with Gasteiger partial charge in [0.1, 0.15) is 0 Å². The second-order valence-corrected chi connectivity index (χ2v) is 1.94. The zero-order chi connectivity index (χ0) is 4.41. The van der Waals surface area contributed by atoms with Crippen molar-refractivity contribution < 1.29 is 4.79 Å². The number of nitrogens with one attached hydrogen (secondary N) is 1. The molecule has 1 saturated heterocycles. The number of hydrogen-bond acceptors (Lipinski definition) is 2. The van der Waals surface area contributed by atoms with Crippen molar-refractivity contribution in [3.05, 3.63) is 6.54 Å². The number of rotatable bonds is 0. The van der Waals surface area contributed by atoms with Gasteiger partial charge in [-0.2, -0.15) is 0 Å². The minimum atomic E-state index is 0.0648. The van der Waals surface area contributed by atoms with Crippen LogP contribution in [0.1, 0.15) is 0 Å². The van der Waals surface area contributed by atoms with Crippen LogP contribution < -0.4 is 5.32 Å². The Bertz CT molecular complexity index is 65.2. The van der Waals surface area contributed by atoms with E-state index < -0.39 is 0 Å². The summed E-state index contributed by atoms with van der Waals surface area (Å²) < 4.78 is 0. The Balaban J connectivity index is 2.37. The third-order valence-electron chi connectivity index (χ3n) is 0.518. The molecule has 33 valence electrons. The summed E-state index contributed by atoms with van der Waals surface area (Å²) in [6.45, 7) is 1.74. The summed E-state index contributed by atoms with van der Waals surface area (Å²) in [6, 6.07) is 0. The molecule has 0 aromatic rings. The van der Waals surface area contributed by atoms with E-state index >= 15 is 0 Å². The highest BCUT2D eigenvalue weighted by Gasteiger charge is 2.07. The zero-order valence-corrected chi connectivity index (χ0v) is 3.92. The molecule has 0 saturated carbocycles. The minimum absolute atomic E-state index is 0.0648. The van der Waals surface area contributed by atoms with Crippen molar-refractivity contribution in [2.24, 2.45) is 0 Å². The topological polar surface area (TPSA) is 29.1 Å². The molecule has 1 aliphatic heterocycles. The number of carbonyl (C=O) groups is 1. The van der Waals surface area contributed by atoms with E-state index in [1.807, 2.05) is 0 Å². The van der Waals surface area contributed by atoms with E-state index in [1.54, 1.807) is 6.54 Å². The van der Waals surface area contributed by atoms with Crippen LogP contribution in [-0.2, 0) is 0 Å². The summed E-state index contributed by atoms with van der Waals surface area (Å²) >= 11 is 1.29. The quantitative estimate of drug-likeness (QED) is 0.485. The summed E-state index contributed by atoms with van der Waals surface area (Å²) in [6.07, 6.45) is 0. The van der Waals surface area contributed by atoms with E-state index in [-0.39, 0.29) is 5.24 Å². The summed E-state index contributed by atoms with van der Waals surface area (Å²) in [5.74, 6) is 0.818. The smallest absolute Gasteiger partial charge is 0.279 e. The normalized spacial score (nSPS) is 21.0. The van der Waals surface area contributed by atoms with E-state index in [0.29, 0.717) is 0 Å². The average Bonchev–Trinajstić information content (AvgIpc) is 1.86. The van der Waals surface area contributed by atoms with Gasteiger partial charge in [0.25, 0.3) is 5.24 Å². The van der Waals surface area contributed by atoms with Crippen LogP contribution in [0.5, 0.6) is 0 Å². The van der Waals surface area contributed by atoms with E-state index in [4.69, 9.17) is 0 Å². The lowest BCUT2D eigenvalue weighted by Gasteiger charge is -1.77. The largest absolute Gasteiger partial charge is 0.341 e. The fourth-order valence-corrected chi connectivity index (χ4v) is 0.769. The molecule has 1 heterocycles. The first-order valence-electron chi connectivity index (χ1n) is 1.64. The maximum atomic E-state index is 10.1. The Labute approximate surface area is 40.3 Å². The van der Waals surface area contributed by atoms with E-state index in [2.05, 4.69) is 5.32 Å². The van der Waals surface area contributed by atoms with Crippen LogP contribution in [0.25, 0.3) is 0 Å². The molecule has 1 amide bonds. The fraction of sp³-hybridized carbons (Fsp3) is 0.333. The Hall–Kier alpha value is -0.180. The van der Waals surface area contributed by atoms with Crippen molar-refractivity contribution in [1.82, 2.24) is 5.32 Å². The first-order valence-corrected chi connectivity index (χ1v) is 2.63. The van der Waals surface area contributed by atoms with Gasteiger partial charge in [0.05, 0.1) is 6.54 Å². The van der Waals surface area contributed by atoms with Crippen LogP contribution in [0.4, 0.5) is 4.79 Å². The molecular formula is C3H4NOS. The van der Waals surface area contributed by atoms with Crippen LogP contribution in [0.2, 0.25) is 0 Å². The lowest BCUT2D eigenvalue weighted by atomic mass is 10.8. The lowest BCUT2D eigenvalue weighted by Crippen LogP contribution is -2.04. The SMILES string of the molecule is O=C1N[CH]CS1. The van der Waals surface area contributed by atoms with Crippen LogP contribution in [0.15, 0.2) is 0 Å². The van der Waals surface area contributed by atoms with E-state index in [0.717, 1.165) is 5.75 Å². The molecule has 3 heteroatoms. The molecule has 1 fully saturated rings. The van der Waals surface area contributed by atoms with Crippen LogP contribution in [0.3, 0.4) is 0 Å². The Morgan fingerprint density at radius 1 is 2.00 bits per heavy atom. The zero-order valence-electron chi connectivity index (χ0n) is 3.10. The molecule has 0 bridgehead atoms. The van der Waals surface area contributed by atoms with Gasteiger partial charge in [0.15, 0.2) is 0 Å². The maximum Gasteiger partial charge on any atom is 0.279 e. The van der Waals surface area contributed by atoms with E-state index in [1.165, 1.54) is 11.8 Å². The molecule has 0 atom stereocenters. The molecule has 6 heavy (non-hydrogen) atoms.